The van der Waals surface area contributed by atoms with Gasteiger partial charge in [-0.2, -0.15) is 0 Å². The first kappa shape index (κ1) is 23.3. The molecule has 2 aromatic carbocycles. The number of benzene rings is 2. The molecule has 0 aliphatic carbocycles. The van der Waals surface area contributed by atoms with Crippen LogP contribution in [0.3, 0.4) is 0 Å². The lowest BCUT2D eigenvalue weighted by Crippen LogP contribution is -2.33. The molecule has 1 amide bonds. The maximum atomic E-state index is 12.3. The minimum absolute atomic E-state index is 0.00723. The van der Waals surface area contributed by atoms with E-state index in [9.17, 15) is 4.79 Å². The Labute approximate surface area is 188 Å². The zero-order chi connectivity index (χ0) is 22.1. The van der Waals surface area contributed by atoms with Gasteiger partial charge >= 0.3 is 0 Å². The SMILES string of the molecule is COc1ccc(S[C@@H]2CCO[C@@H](CCNC(=O)Cc3ccc(OC)c(OC)c3)C2)cc1. The number of amides is 1. The highest BCUT2D eigenvalue weighted by molar-refractivity contribution is 8.00. The Bertz CT molecular complexity index is 842. The summed E-state index contributed by atoms with van der Waals surface area (Å²) >= 11 is 1.89. The van der Waals surface area contributed by atoms with Gasteiger partial charge in [0.15, 0.2) is 11.5 Å². The van der Waals surface area contributed by atoms with Crippen molar-refractivity contribution < 1.29 is 23.7 Å². The molecule has 0 aromatic heterocycles. The van der Waals surface area contributed by atoms with Gasteiger partial charge in [-0.25, -0.2) is 0 Å². The summed E-state index contributed by atoms with van der Waals surface area (Å²) in [5, 5.41) is 3.53. The largest absolute Gasteiger partial charge is 0.497 e. The lowest BCUT2D eigenvalue weighted by atomic mass is 10.1. The van der Waals surface area contributed by atoms with Crippen LogP contribution in [0.15, 0.2) is 47.4 Å². The van der Waals surface area contributed by atoms with Gasteiger partial charge in [0.25, 0.3) is 0 Å². The molecule has 1 saturated heterocycles. The number of methoxy groups -OCH3 is 3. The monoisotopic (exact) mass is 445 g/mol. The second kappa shape index (κ2) is 11.9. The molecule has 0 bridgehead atoms. The molecule has 1 aliphatic rings. The van der Waals surface area contributed by atoms with Crippen LogP contribution in [-0.4, -0.2) is 51.7 Å². The minimum Gasteiger partial charge on any atom is -0.497 e. The standard InChI is InChI=1S/C24H31NO5S/c1-27-18-5-7-20(8-6-18)31-21-11-13-30-19(16-21)10-12-25-24(26)15-17-4-9-22(28-2)23(14-17)29-3/h4-9,14,19,21H,10-13,15-16H2,1-3H3,(H,25,26)/t19-,21+/m0/s1. The van der Waals surface area contributed by atoms with Crippen molar-refractivity contribution in [3.63, 3.8) is 0 Å². The molecule has 3 rings (SSSR count). The predicted octanol–water partition coefficient (Wildman–Crippen LogP) is 4.10. The number of carbonyl (C=O) groups excluding carboxylic acids is 1. The molecule has 1 N–H and O–H groups in total. The molecule has 0 spiro atoms. The Hall–Kier alpha value is -2.38. The number of rotatable bonds is 10. The summed E-state index contributed by atoms with van der Waals surface area (Å²) in [5.41, 5.74) is 0.889. The lowest BCUT2D eigenvalue weighted by Gasteiger charge is -2.29. The van der Waals surface area contributed by atoms with Crippen LogP contribution in [0.1, 0.15) is 24.8 Å². The van der Waals surface area contributed by atoms with E-state index in [1.54, 1.807) is 21.3 Å². The molecular formula is C24H31NO5S. The van der Waals surface area contributed by atoms with Gasteiger partial charge in [0, 0.05) is 23.3 Å². The molecule has 1 fully saturated rings. The highest BCUT2D eigenvalue weighted by Crippen LogP contribution is 2.33. The summed E-state index contributed by atoms with van der Waals surface area (Å²) in [4.78, 5) is 13.6. The van der Waals surface area contributed by atoms with Crippen molar-refractivity contribution in [1.82, 2.24) is 5.32 Å². The number of ether oxygens (including phenoxy) is 4. The summed E-state index contributed by atoms with van der Waals surface area (Å²) in [6.45, 7) is 1.37. The topological polar surface area (TPSA) is 66.0 Å². The van der Waals surface area contributed by atoms with Gasteiger partial charge in [-0.05, 0) is 61.2 Å². The van der Waals surface area contributed by atoms with E-state index in [0.29, 0.717) is 29.7 Å². The van der Waals surface area contributed by atoms with Gasteiger partial charge in [-0.15, -0.1) is 11.8 Å². The van der Waals surface area contributed by atoms with Gasteiger partial charge in [-0.1, -0.05) is 6.07 Å². The zero-order valence-electron chi connectivity index (χ0n) is 18.4. The number of nitrogens with one attached hydrogen (secondary N) is 1. The van der Waals surface area contributed by atoms with Crippen molar-refractivity contribution in [1.29, 1.82) is 0 Å². The van der Waals surface area contributed by atoms with E-state index >= 15 is 0 Å². The summed E-state index contributed by atoms with van der Waals surface area (Å²) in [7, 11) is 4.86. The number of thioether (sulfide) groups is 1. The second-order valence-electron chi connectivity index (χ2n) is 7.44. The van der Waals surface area contributed by atoms with Crippen molar-refractivity contribution in [2.75, 3.05) is 34.5 Å². The molecule has 7 heteroatoms. The average molecular weight is 446 g/mol. The molecule has 31 heavy (non-hydrogen) atoms. The molecular weight excluding hydrogens is 414 g/mol. The number of hydrogen-bond donors (Lipinski definition) is 1. The van der Waals surface area contributed by atoms with Crippen LogP contribution in [0.2, 0.25) is 0 Å². The van der Waals surface area contributed by atoms with Gasteiger partial charge in [0.05, 0.1) is 33.9 Å². The van der Waals surface area contributed by atoms with Crippen LogP contribution < -0.4 is 19.5 Å². The second-order valence-corrected chi connectivity index (χ2v) is 8.81. The Balaban J connectivity index is 1.40. The van der Waals surface area contributed by atoms with Crippen molar-refractivity contribution in [2.24, 2.45) is 0 Å². The molecule has 1 aliphatic heterocycles. The first-order valence-corrected chi connectivity index (χ1v) is 11.4. The Morgan fingerprint density at radius 1 is 1.06 bits per heavy atom. The number of carbonyl (C=O) groups is 1. The maximum absolute atomic E-state index is 12.3. The highest BCUT2D eigenvalue weighted by Gasteiger charge is 2.23. The van der Waals surface area contributed by atoms with Crippen LogP contribution in [0.4, 0.5) is 0 Å². The average Bonchev–Trinajstić information content (AvgIpc) is 2.79. The van der Waals surface area contributed by atoms with Crippen molar-refractivity contribution in [3.8, 4) is 17.2 Å². The van der Waals surface area contributed by atoms with Crippen LogP contribution in [0.25, 0.3) is 0 Å². The van der Waals surface area contributed by atoms with E-state index in [1.807, 2.05) is 42.1 Å². The van der Waals surface area contributed by atoms with Crippen LogP contribution in [-0.2, 0) is 16.0 Å². The molecule has 0 radical (unpaired) electrons. The van der Waals surface area contributed by atoms with Gasteiger partial charge in [0.2, 0.25) is 5.91 Å². The molecule has 2 aromatic rings. The Kier molecular flexibility index (Phi) is 8.91. The molecule has 6 nitrogen and oxygen atoms in total. The van der Waals surface area contributed by atoms with Crippen molar-refractivity contribution in [3.05, 3.63) is 48.0 Å². The summed E-state index contributed by atoms with van der Waals surface area (Å²) in [5.74, 6) is 2.15. The Morgan fingerprint density at radius 2 is 1.84 bits per heavy atom. The van der Waals surface area contributed by atoms with E-state index in [0.717, 1.165) is 37.2 Å². The lowest BCUT2D eigenvalue weighted by molar-refractivity contribution is -0.120. The zero-order valence-corrected chi connectivity index (χ0v) is 19.2. The molecule has 0 saturated carbocycles. The number of hydrogen-bond acceptors (Lipinski definition) is 6. The molecule has 168 valence electrons. The fourth-order valence-electron chi connectivity index (χ4n) is 3.61. The highest BCUT2D eigenvalue weighted by atomic mass is 32.2. The summed E-state index contributed by atoms with van der Waals surface area (Å²) in [6.07, 6.45) is 3.33. The van der Waals surface area contributed by atoms with E-state index in [4.69, 9.17) is 18.9 Å². The summed E-state index contributed by atoms with van der Waals surface area (Å²) in [6, 6.07) is 13.7. The fourth-order valence-corrected chi connectivity index (χ4v) is 4.81. The van der Waals surface area contributed by atoms with E-state index in [1.165, 1.54) is 4.90 Å². The van der Waals surface area contributed by atoms with Gasteiger partial charge < -0.3 is 24.3 Å². The first-order chi connectivity index (χ1) is 15.1. The smallest absolute Gasteiger partial charge is 0.224 e. The quantitative estimate of drug-likeness (QED) is 0.594. The van der Waals surface area contributed by atoms with Gasteiger partial charge in [0.1, 0.15) is 5.75 Å². The van der Waals surface area contributed by atoms with Gasteiger partial charge in [-0.3, -0.25) is 4.79 Å². The summed E-state index contributed by atoms with van der Waals surface area (Å²) < 4.78 is 21.7. The third kappa shape index (κ3) is 7.08. The normalized spacial score (nSPS) is 18.3. The fraction of sp³-hybridized carbons (Fsp3) is 0.458. The van der Waals surface area contributed by atoms with Crippen LogP contribution in [0.5, 0.6) is 17.2 Å². The third-order valence-corrected chi connectivity index (χ3v) is 6.59. The predicted molar refractivity (Wildman–Crippen MR) is 122 cm³/mol. The van der Waals surface area contributed by atoms with E-state index in [2.05, 4.69) is 17.4 Å². The van der Waals surface area contributed by atoms with Crippen LogP contribution >= 0.6 is 11.8 Å². The third-order valence-electron chi connectivity index (χ3n) is 5.28. The molecule has 1 heterocycles. The van der Waals surface area contributed by atoms with Crippen LogP contribution in [0, 0.1) is 0 Å². The molecule has 0 unspecified atom stereocenters. The first-order valence-electron chi connectivity index (χ1n) is 10.5. The van der Waals surface area contributed by atoms with E-state index in [-0.39, 0.29) is 12.0 Å². The van der Waals surface area contributed by atoms with Crippen molar-refractivity contribution >= 4 is 17.7 Å². The Morgan fingerprint density at radius 3 is 2.55 bits per heavy atom. The minimum atomic E-state index is -0.00723. The van der Waals surface area contributed by atoms with E-state index < -0.39 is 0 Å². The maximum Gasteiger partial charge on any atom is 0.224 e. The molecule has 2 atom stereocenters. The van der Waals surface area contributed by atoms with Crippen molar-refractivity contribution in [2.45, 2.75) is 41.9 Å².